The van der Waals surface area contributed by atoms with Crippen LogP contribution in [0.3, 0.4) is 0 Å². The minimum absolute atomic E-state index is 0.262. The summed E-state index contributed by atoms with van der Waals surface area (Å²) in [7, 11) is 1.67. The third kappa shape index (κ3) is 4.30. The van der Waals surface area contributed by atoms with E-state index in [4.69, 9.17) is 4.74 Å². The van der Waals surface area contributed by atoms with E-state index in [1.165, 1.54) is 6.07 Å². The van der Waals surface area contributed by atoms with Crippen LogP contribution in [0.15, 0.2) is 17.0 Å². The summed E-state index contributed by atoms with van der Waals surface area (Å²) >= 11 is 1.63. The molecule has 0 aromatic heterocycles. The van der Waals surface area contributed by atoms with Crippen LogP contribution in [-0.2, 0) is 4.74 Å². The van der Waals surface area contributed by atoms with Gasteiger partial charge in [-0.05, 0) is 43.5 Å². The number of hydrogen-bond acceptors (Lipinski definition) is 3. The molecule has 0 amide bonds. The molecule has 1 N–H and O–H groups in total. The van der Waals surface area contributed by atoms with E-state index in [-0.39, 0.29) is 5.82 Å². The minimum Gasteiger partial charge on any atom is -0.389 e. The van der Waals surface area contributed by atoms with Crippen LogP contribution in [0.2, 0.25) is 0 Å². The third-order valence-electron chi connectivity index (χ3n) is 2.49. The predicted octanol–water partition coefficient (Wildman–Crippen LogP) is 3.32. The fraction of sp³-hybridized carbons (Fsp3) is 0.538. The van der Waals surface area contributed by atoms with E-state index in [1.807, 2.05) is 0 Å². The largest absolute Gasteiger partial charge is 0.389 e. The molecule has 0 aliphatic carbocycles. The number of hydrogen-bond donors (Lipinski definition) is 1. The first-order valence-electron chi connectivity index (χ1n) is 5.66. The molecule has 0 aliphatic heterocycles. The molecule has 1 aromatic rings. The van der Waals surface area contributed by atoms with Crippen LogP contribution in [0.1, 0.15) is 30.6 Å². The summed E-state index contributed by atoms with van der Waals surface area (Å²) in [5.41, 5.74) is 1.28. The van der Waals surface area contributed by atoms with Gasteiger partial charge in [-0.1, -0.05) is 0 Å². The molecule has 0 heterocycles. The molecular formula is C13H19FO2S. The van der Waals surface area contributed by atoms with Crippen LogP contribution in [0.4, 0.5) is 4.39 Å². The summed E-state index contributed by atoms with van der Waals surface area (Å²) in [5, 5.41) is 9.62. The summed E-state index contributed by atoms with van der Waals surface area (Å²) in [4.78, 5) is 0.954. The molecule has 0 saturated carbocycles. The molecular weight excluding hydrogens is 239 g/mol. The Labute approximate surface area is 106 Å². The van der Waals surface area contributed by atoms with E-state index in [9.17, 15) is 9.50 Å². The van der Waals surface area contributed by atoms with Gasteiger partial charge < -0.3 is 9.84 Å². The summed E-state index contributed by atoms with van der Waals surface area (Å²) in [6.07, 6.45) is 0.298. The molecule has 17 heavy (non-hydrogen) atoms. The summed E-state index contributed by atoms with van der Waals surface area (Å²) in [5.74, 6) is 0.640. The second kappa shape index (κ2) is 6.99. The van der Waals surface area contributed by atoms with Gasteiger partial charge in [-0.25, -0.2) is 4.39 Å². The minimum atomic E-state index is -0.643. The van der Waals surface area contributed by atoms with E-state index >= 15 is 0 Å². The molecule has 96 valence electrons. The van der Waals surface area contributed by atoms with Crippen molar-refractivity contribution in [3.63, 3.8) is 0 Å². The SMILES string of the molecule is COCCCSc1cc(C)c(F)cc1[C@@H](C)O. The molecule has 0 fully saturated rings. The number of aliphatic hydroxyl groups is 1. The lowest BCUT2D eigenvalue weighted by molar-refractivity contribution is 0.195. The standard InChI is InChI=1S/C13H19FO2S/c1-9-7-13(17-6-4-5-16-3)11(10(2)15)8-12(9)14/h7-8,10,15H,4-6H2,1-3H3/t10-/m1/s1. The normalized spacial score (nSPS) is 12.8. The average molecular weight is 258 g/mol. The Hall–Kier alpha value is -0.580. The van der Waals surface area contributed by atoms with Gasteiger partial charge >= 0.3 is 0 Å². The number of aliphatic hydroxyl groups excluding tert-OH is 1. The fourth-order valence-corrected chi connectivity index (χ4v) is 2.65. The predicted molar refractivity (Wildman–Crippen MR) is 69.0 cm³/mol. The molecule has 0 bridgehead atoms. The lowest BCUT2D eigenvalue weighted by atomic mass is 10.1. The molecule has 4 heteroatoms. The maximum absolute atomic E-state index is 13.4. The van der Waals surface area contributed by atoms with E-state index in [0.29, 0.717) is 11.1 Å². The van der Waals surface area contributed by atoms with Gasteiger partial charge in [0.15, 0.2) is 0 Å². The quantitative estimate of drug-likeness (QED) is 0.627. The van der Waals surface area contributed by atoms with Crippen LogP contribution in [0.5, 0.6) is 0 Å². The van der Waals surface area contributed by atoms with E-state index in [0.717, 1.165) is 23.7 Å². The Balaban J connectivity index is 2.78. The van der Waals surface area contributed by atoms with Crippen molar-refractivity contribution >= 4 is 11.8 Å². The highest BCUT2D eigenvalue weighted by atomic mass is 32.2. The Morgan fingerprint density at radius 2 is 2.18 bits per heavy atom. The van der Waals surface area contributed by atoms with Crippen molar-refractivity contribution in [3.05, 3.63) is 29.1 Å². The van der Waals surface area contributed by atoms with Crippen molar-refractivity contribution in [3.8, 4) is 0 Å². The maximum atomic E-state index is 13.4. The summed E-state index contributed by atoms with van der Waals surface area (Å²) in [6, 6.07) is 3.23. The van der Waals surface area contributed by atoms with Crippen molar-refractivity contribution in [2.45, 2.75) is 31.3 Å². The van der Waals surface area contributed by atoms with Crippen molar-refractivity contribution in [2.24, 2.45) is 0 Å². The van der Waals surface area contributed by atoms with E-state index in [2.05, 4.69) is 0 Å². The smallest absolute Gasteiger partial charge is 0.126 e. The van der Waals surface area contributed by atoms with Crippen LogP contribution in [0.25, 0.3) is 0 Å². The maximum Gasteiger partial charge on any atom is 0.126 e. The van der Waals surface area contributed by atoms with Gasteiger partial charge in [0, 0.05) is 24.4 Å². The Kier molecular flexibility index (Phi) is 5.95. The average Bonchev–Trinajstić information content (AvgIpc) is 2.28. The number of halogens is 1. The van der Waals surface area contributed by atoms with Crippen molar-refractivity contribution in [1.29, 1.82) is 0 Å². The van der Waals surface area contributed by atoms with Crippen molar-refractivity contribution in [1.82, 2.24) is 0 Å². The number of aryl methyl sites for hydroxylation is 1. The number of thioether (sulfide) groups is 1. The lowest BCUT2D eigenvalue weighted by Gasteiger charge is -2.13. The fourth-order valence-electron chi connectivity index (χ4n) is 1.51. The number of ether oxygens (including phenoxy) is 1. The monoisotopic (exact) mass is 258 g/mol. The molecule has 0 spiro atoms. The lowest BCUT2D eigenvalue weighted by Crippen LogP contribution is -1.98. The van der Waals surface area contributed by atoms with Gasteiger partial charge in [0.1, 0.15) is 5.82 Å². The first kappa shape index (κ1) is 14.5. The number of rotatable bonds is 6. The van der Waals surface area contributed by atoms with Crippen LogP contribution < -0.4 is 0 Å². The second-order valence-corrected chi connectivity index (χ2v) is 5.15. The first-order valence-corrected chi connectivity index (χ1v) is 6.64. The van der Waals surface area contributed by atoms with Crippen molar-refractivity contribution in [2.75, 3.05) is 19.5 Å². The Bertz CT molecular complexity index is 367. The molecule has 1 atom stereocenters. The molecule has 2 nitrogen and oxygen atoms in total. The topological polar surface area (TPSA) is 29.5 Å². The third-order valence-corrected chi connectivity index (χ3v) is 3.65. The Morgan fingerprint density at radius 3 is 2.76 bits per heavy atom. The highest BCUT2D eigenvalue weighted by molar-refractivity contribution is 7.99. The second-order valence-electron chi connectivity index (χ2n) is 4.01. The molecule has 1 rings (SSSR count). The Morgan fingerprint density at radius 1 is 1.47 bits per heavy atom. The molecule has 0 radical (unpaired) electrons. The van der Waals surface area contributed by atoms with E-state index in [1.54, 1.807) is 38.8 Å². The van der Waals surface area contributed by atoms with Gasteiger partial charge in [-0.3, -0.25) is 0 Å². The zero-order valence-electron chi connectivity index (χ0n) is 10.5. The van der Waals surface area contributed by atoms with Crippen LogP contribution in [-0.4, -0.2) is 24.6 Å². The van der Waals surface area contributed by atoms with Gasteiger partial charge in [-0.15, -0.1) is 11.8 Å². The van der Waals surface area contributed by atoms with Crippen LogP contribution in [0, 0.1) is 12.7 Å². The van der Waals surface area contributed by atoms with Gasteiger partial charge in [0.2, 0.25) is 0 Å². The molecule has 0 saturated heterocycles. The number of benzene rings is 1. The first-order chi connectivity index (χ1) is 8.06. The summed E-state index contributed by atoms with van der Waals surface area (Å²) < 4.78 is 18.4. The van der Waals surface area contributed by atoms with Crippen molar-refractivity contribution < 1.29 is 14.2 Å². The van der Waals surface area contributed by atoms with Gasteiger partial charge in [0.05, 0.1) is 6.10 Å². The number of methoxy groups -OCH3 is 1. The molecule has 0 aliphatic rings. The summed E-state index contributed by atoms with van der Waals surface area (Å²) in [6.45, 7) is 4.11. The zero-order chi connectivity index (χ0) is 12.8. The highest BCUT2D eigenvalue weighted by Gasteiger charge is 2.11. The van der Waals surface area contributed by atoms with Gasteiger partial charge in [0.25, 0.3) is 0 Å². The zero-order valence-corrected chi connectivity index (χ0v) is 11.3. The van der Waals surface area contributed by atoms with E-state index < -0.39 is 6.10 Å². The molecule has 0 unspecified atom stereocenters. The highest BCUT2D eigenvalue weighted by Crippen LogP contribution is 2.30. The molecule has 1 aromatic carbocycles. The van der Waals surface area contributed by atoms with Crippen LogP contribution >= 0.6 is 11.8 Å². The van der Waals surface area contributed by atoms with Gasteiger partial charge in [-0.2, -0.15) is 0 Å².